The normalized spacial score (nSPS) is 12.6. The molecule has 2 N–H and O–H groups in total. The minimum Gasteiger partial charge on any atom is -0.478 e. The number of rotatable bonds is 4. The van der Waals surface area contributed by atoms with Crippen LogP contribution in [0.3, 0.4) is 0 Å². The van der Waals surface area contributed by atoms with Gasteiger partial charge in [-0.05, 0) is 6.42 Å². The molecule has 0 fully saturated rings. The van der Waals surface area contributed by atoms with Crippen molar-refractivity contribution in [3.63, 3.8) is 0 Å². The quantitative estimate of drug-likeness (QED) is 0.382. The number of allylic oxidation sites excluding steroid dienone is 1. The summed E-state index contributed by atoms with van der Waals surface area (Å²) in [5, 5.41) is 8.66. The summed E-state index contributed by atoms with van der Waals surface area (Å²) >= 11 is 0. The zero-order chi connectivity index (χ0) is 9.78. The lowest BCUT2D eigenvalue weighted by molar-refractivity contribution is -0.132. The van der Waals surface area contributed by atoms with E-state index < -0.39 is 21.7 Å². The van der Waals surface area contributed by atoms with Crippen molar-refractivity contribution < 1.29 is 22.9 Å². The highest BCUT2D eigenvalue weighted by Gasteiger charge is 2.09. The molecule has 0 aliphatic rings. The van der Waals surface area contributed by atoms with Gasteiger partial charge >= 0.3 is 5.97 Å². The third-order valence-electron chi connectivity index (χ3n) is 0.930. The second-order valence-corrected chi connectivity index (χ2v) is 3.22. The molecule has 5 nitrogen and oxygen atoms in total. The Morgan fingerprint density at radius 2 is 2.00 bits per heavy atom. The van der Waals surface area contributed by atoms with E-state index in [2.05, 4.69) is 6.58 Å². The van der Waals surface area contributed by atoms with E-state index in [0.717, 1.165) is 0 Å². The molecule has 0 spiro atoms. The Morgan fingerprint density at radius 3 is 2.25 bits per heavy atom. The largest absolute Gasteiger partial charge is 0.478 e. The molecule has 0 atom stereocenters. The highest BCUT2D eigenvalue weighted by atomic mass is 32.2. The minimum absolute atomic E-state index is 0.116. The van der Waals surface area contributed by atoms with Crippen LogP contribution in [0.5, 0.6) is 0 Å². The number of hydrogen-bond donors (Lipinski definition) is 2. The second kappa shape index (κ2) is 4.03. The Balaban J connectivity index is 4.86. The minimum atomic E-state index is -4.38. The van der Waals surface area contributed by atoms with Crippen molar-refractivity contribution in [1.29, 1.82) is 0 Å². The number of carboxylic acids is 1. The van der Waals surface area contributed by atoms with Crippen LogP contribution in [0.2, 0.25) is 0 Å². The van der Waals surface area contributed by atoms with E-state index in [-0.39, 0.29) is 11.8 Å². The molecule has 6 heteroatoms. The van der Waals surface area contributed by atoms with Crippen LogP contribution in [0.1, 0.15) is 6.42 Å². The first-order chi connectivity index (χ1) is 5.37. The summed E-state index contributed by atoms with van der Waals surface area (Å²) < 4.78 is 28.7. The Morgan fingerprint density at radius 1 is 1.50 bits per heavy atom. The van der Waals surface area contributed by atoms with Crippen LogP contribution in [-0.2, 0) is 14.9 Å². The maximum Gasteiger partial charge on any atom is 0.332 e. The van der Waals surface area contributed by atoms with E-state index in [1.54, 1.807) is 0 Å². The van der Waals surface area contributed by atoms with E-state index >= 15 is 0 Å². The number of carboxylic acid groups (broad SMARTS) is 1. The van der Waals surface area contributed by atoms with Crippen LogP contribution < -0.4 is 0 Å². The predicted octanol–water partition coefficient (Wildman–Crippen LogP) is 0.419. The van der Waals surface area contributed by atoms with E-state index in [4.69, 9.17) is 9.66 Å². The van der Waals surface area contributed by atoms with Gasteiger partial charge in [0.15, 0.2) is 0 Å². The van der Waals surface area contributed by atoms with Crippen LogP contribution in [0.15, 0.2) is 23.6 Å². The Kier molecular flexibility index (Phi) is 3.65. The van der Waals surface area contributed by atoms with Gasteiger partial charge in [-0.25, -0.2) is 4.79 Å². The van der Waals surface area contributed by atoms with Gasteiger partial charge < -0.3 is 5.11 Å². The fourth-order valence-corrected chi connectivity index (χ4v) is 1.08. The lowest BCUT2D eigenvalue weighted by Crippen LogP contribution is -2.03. The highest BCUT2D eigenvalue weighted by Crippen LogP contribution is 2.04. The van der Waals surface area contributed by atoms with Gasteiger partial charge in [0.05, 0.1) is 11.0 Å². The molecular formula is C6H8O5S. The van der Waals surface area contributed by atoms with Gasteiger partial charge in [-0.1, -0.05) is 6.08 Å². The molecule has 0 aromatic rings. The summed E-state index contributed by atoms with van der Waals surface area (Å²) in [5.41, 5.74) is -0.424. The fourth-order valence-electron chi connectivity index (χ4n) is 0.521. The van der Waals surface area contributed by atoms with Crippen molar-refractivity contribution in [2.75, 3.05) is 0 Å². The molecule has 0 saturated heterocycles. The first kappa shape index (κ1) is 10.9. The lowest BCUT2D eigenvalue weighted by Gasteiger charge is -1.94. The zero-order valence-corrected chi connectivity index (χ0v) is 6.91. The Bertz CT molecular complexity index is 311. The summed E-state index contributed by atoms with van der Waals surface area (Å²) in [4.78, 5) is 10.3. The average Bonchev–Trinajstić information content (AvgIpc) is 1.83. The maximum atomic E-state index is 10.3. The Hall–Kier alpha value is -1.14. The van der Waals surface area contributed by atoms with E-state index in [0.29, 0.717) is 0 Å². The molecular weight excluding hydrogens is 184 g/mol. The molecule has 68 valence electrons. The van der Waals surface area contributed by atoms with Crippen molar-refractivity contribution in [3.05, 3.63) is 23.6 Å². The maximum absolute atomic E-state index is 10.3. The molecule has 0 bridgehead atoms. The van der Waals surface area contributed by atoms with Gasteiger partial charge in [-0.2, -0.15) is 8.42 Å². The predicted molar refractivity (Wildman–Crippen MR) is 42.1 cm³/mol. The third kappa shape index (κ3) is 4.64. The van der Waals surface area contributed by atoms with Gasteiger partial charge in [0.1, 0.15) is 0 Å². The summed E-state index contributed by atoms with van der Waals surface area (Å²) in [6, 6.07) is 0. The SMILES string of the molecule is C=CCC(=CS(=O)(=O)O)C(=O)O. The number of carbonyl (C=O) groups is 1. The molecule has 0 aliphatic carbocycles. The second-order valence-electron chi connectivity index (χ2n) is 1.96. The monoisotopic (exact) mass is 192 g/mol. The van der Waals surface area contributed by atoms with Gasteiger partial charge in [-0.15, -0.1) is 6.58 Å². The lowest BCUT2D eigenvalue weighted by atomic mass is 10.2. The molecule has 0 saturated carbocycles. The van der Waals surface area contributed by atoms with E-state index in [1.807, 2.05) is 0 Å². The van der Waals surface area contributed by atoms with E-state index in [9.17, 15) is 13.2 Å². The molecule has 0 heterocycles. The molecule has 0 aromatic carbocycles. The highest BCUT2D eigenvalue weighted by molar-refractivity contribution is 7.88. The van der Waals surface area contributed by atoms with Crippen molar-refractivity contribution in [3.8, 4) is 0 Å². The number of aliphatic carboxylic acids is 1. The van der Waals surface area contributed by atoms with Crippen LogP contribution in [0.4, 0.5) is 0 Å². The van der Waals surface area contributed by atoms with Gasteiger partial charge in [0.25, 0.3) is 10.1 Å². The van der Waals surface area contributed by atoms with Gasteiger partial charge in [-0.3, -0.25) is 4.55 Å². The fraction of sp³-hybridized carbons (Fsp3) is 0.167. The first-order valence-electron chi connectivity index (χ1n) is 2.89. The molecule has 0 amide bonds. The van der Waals surface area contributed by atoms with E-state index in [1.165, 1.54) is 6.08 Å². The molecule has 0 rings (SSSR count). The molecule has 0 aromatic heterocycles. The summed E-state index contributed by atoms with van der Waals surface area (Å²) in [7, 11) is -4.38. The van der Waals surface area contributed by atoms with Crippen molar-refractivity contribution in [1.82, 2.24) is 0 Å². The standard InChI is InChI=1S/C6H8O5S/c1-2-3-5(6(7)8)4-12(9,10)11/h2,4H,1,3H2,(H,7,8)(H,9,10,11). The van der Waals surface area contributed by atoms with Crippen molar-refractivity contribution in [2.45, 2.75) is 6.42 Å². The molecule has 12 heavy (non-hydrogen) atoms. The van der Waals surface area contributed by atoms with Crippen LogP contribution in [0, 0.1) is 0 Å². The van der Waals surface area contributed by atoms with Crippen molar-refractivity contribution in [2.24, 2.45) is 0 Å². The summed E-state index contributed by atoms with van der Waals surface area (Å²) in [6.45, 7) is 3.23. The first-order valence-corrected chi connectivity index (χ1v) is 4.39. The van der Waals surface area contributed by atoms with Crippen molar-refractivity contribution >= 4 is 16.1 Å². The van der Waals surface area contributed by atoms with Gasteiger partial charge in [0, 0.05) is 0 Å². The average molecular weight is 192 g/mol. The molecule has 0 unspecified atom stereocenters. The summed E-state index contributed by atoms with van der Waals surface area (Å²) in [6.07, 6.45) is 1.11. The van der Waals surface area contributed by atoms with Crippen LogP contribution >= 0.6 is 0 Å². The third-order valence-corrected chi connectivity index (χ3v) is 1.51. The summed E-state index contributed by atoms with van der Waals surface area (Å²) in [5.74, 6) is -1.40. The Labute approximate surface area is 69.8 Å². The van der Waals surface area contributed by atoms with Crippen LogP contribution in [0.25, 0.3) is 0 Å². The van der Waals surface area contributed by atoms with Gasteiger partial charge in [0.2, 0.25) is 0 Å². The smallest absolute Gasteiger partial charge is 0.332 e. The molecule has 0 radical (unpaired) electrons. The molecule has 0 aliphatic heterocycles. The van der Waals surface area contributed by atoms with Crippen LogP contribution in [-0.4, -0.2) is 24.0 Å². The zero-order valence-electron chi connectivity index (χ0n) is 6.10. The topological polar surface area (TPSA) is 91.7 Å². The number of hydrogen-bond acceptors (Lipinski definition) is 3.